The molecular formula is C20H16Cl3N3O3S. The minimum Gasteiger partial charge on any atom is -0.297 e. The molecule has 3 rings (SSSR count). The van der Waals surface area contributed by atoms with Crippen molar-refractivity contribution in [1.82, 2.24) is 5.43 Å². The van der Waals surface area contributed by atoms with E-state index in [1.165, 1.54) is 24.3 Å². The van der Waals surface area contributed by atoms with Crippen LogP contribution in [0.3, 0.4) is 0 Å². The summed E-state index contributed by atoms with van der Waals surface area (Å²) in [7, 11) is -4.01. The molecule has 1 amide bonds. The van der Waals surface area contributed by atoms with E-state index in [0.717, 1.165) is 0 Å². The van der Waals surface area contributed by atoms with Gasteiger partial charge in [0.05, 0.1) is 16.4 Å². The van der Waals surface area contributed by atoms with Gasteiger partial charge in [0.15, 0.2) is 0 Å². The summed E-state index contributed by atoms with van der Waals surface area (Å²) in [6.07, 6.45) is 0. The van der Waals surface area contributed by atoms with Crippen molar-refractivity contribution in [3.05, 3.63) is 86.9 Å². The molecule has 0 aliphatic heterocycles. The van der Waals surface area contributed by atoms with E-state index in [4.69, 9.17) is 34.8 Å². The Labute approximate surface area is 189 Å². The predicted molar refractivity (Wildman–Crippen MR) is 121 cm³/mol. The van der Waals surface area contributed by atoms with Crippen LogP contribution in [0.15, 0.2) is 65.6 Å². The van der Waals surface area contributed by atoms with Crippen LogP contribution in [0, 0.1) is 6.92 Å². The van der Waals surface area contributed by atoms with E-state index in [9.17, 15) is 13.2 Å². The molecule has 0 saturated heterocycles. The second kappa shape index (κ2) is 9.14. The highest BCUT2D eigenvalue weighted by Gasteiger charge is 2.21. The van der Waals surface area contributed by atoms with Gasteiger partial charge in [0.25, 0.3) is 15.9 Å². The number of carbonyl (C=O) groups excluding carboxylic acids is 1. The number of anilines is 2. The number of hydrogen-bond acceptors (Lipinski definition) is 4. The van der Waals surface area contributed by atoms with E-state index in [1.807, 2.05) is 0 Å². The normalized spacial score (nSPS) is 11.1. The summed E-state index contributed by atoms with van der Waals surface area (Å²) >= 11 is 17.9. The molecule has 0 aromatic heterocycles. The molecule has 30 heavy (non-hydrogen) atoms. The molecule has 10 heteroatoms. The Morgan fingerprint density at radius 2 is 1.53 bits per heavy atom. The number of benzene rings is 3. The van der Waals surface area contributed by atoms with Crippen molar-refractivity contribution in [3.8, 4) is 0 Å². The highest BCUT2D eigenvalue weighted by molar-refractivity contribution is 7.93. The van der Waals surface area contributed by atoms with Gasteiger partial charge in [-0.3, -0.25) is 20.4 Å². The lowest BCUT2D eigenvalue weighted by Gasteiger charge is -2.16. The molecule has 0 saturated carbocycles. The zero-order valence-corrected chi connectivity index (χ0v) is 18.6. The Hall–Kier alpha value is -2.45. The minimum absolute atomic E-state index is 0.0631. The van der Waals surface area contributed by atoms with Gasteiger partial charge in [-0.1, -0.05) is 53.0 Å². The summed E-state index contributed by atoms with van der Waals surface area (Å²) in [6.45, 7) is 1.75. The molecule has 3 aromatic carbocycles. The summed E-state index contributed by atoms with van der Waals surface area (Å²) in [6, 6.07) is 15.6. The standard InChI is InChI=1S/C20H16Cl3N3O3S/c1-12-6-7-18(24-25-20(27)13-9-14(21)11-15(22)10-13)19(8-12)30(28,29)26-17-5-3-2-4-16(17)23/h2-11,24,26H,1H3,(H,25,27). The Morgan fingerprint density at radius 1 is 0.867 bits per heavy atom. The Kier molecular flexibility index (Phi) is 6.77. The van der Waals surface area contributed by atoms with Gasteiger partial charge in [-0.25, -0.2) is 8.42 Å². The lowest BCUT2D eigenvalue weighted by molar-refractivity contribution is 0.0962. The number of rotatable bonds is 6. The van der Waals surface area contributed by atoms with Crippen molar-refractivity contribution in [2.45, 2.75) is 11.8 Å². The Balaban J connectivity index is 1.86. The fourth-order valence-corrected chi connectivity index (χ4v) is 4.67. The van der Waals surface area contributed by atoms with Gasteiger partial charge in [0.1, 0.15) is 4.90 Å². The summed E-state index contributed by atoms with van der Waals surface area (Å²) in [4.78, 5) is 12.3. The van der Waals surface area contributed by atoms with Gasteiger partial charge in [0.2, 0.25) is 0 Å². The molecule has 0 fully saturated rings. The van der Waals surface area contributed by atoms with Crippen LogP contribution in [-0.2, 0) is 10.0 Å². The van der Waals surface area contributed by atoms with E-state index in [1.54, 1.807) is 43.3 Å². The van der Waals surface area contributed by atoms with Gasteiger partial charge in [0, 0.05) is 15.6 Å². The maximum atomic E-state index is 13.0. The van der Waals surface area contributed by atoms with Crippen LogP contribution in [-0.4, -0.2) is 14.3 Å². The molecule has 0 heterocycles. The fourth-order valence-electron chi connectivity index (χ4n) is 2.58. The van der Waals surface area contributed by atoms with E-state index in [2.05, 4.69) is 15.6 Å². The monoisotopic (exact) mass is 483 g/mol. The molecule has 3 aromatic rings. The van der Waals surface area contributed by atoms with Crippen molar-refractivity contribution in [2.75, 3.05) is 10.1 Å². The number of para-hydroxylation sites is 1. The second-order valence-electron chi connectivity index (χ2n) is 6.32. The van der Waals surface area contributed by atoms with E-state index in [0.29, 0.717) is 15.6 Å². The summed E-state index contributed by atoms with van der Waals surface area (Å²) < 4.78 is 28.4. The third-order valence-corrected chi connectivity index (χ3v) is 6.15. The highest BCUT2D eigenvalue weighted by Crippen LogP contribution is 2.28. The lowest BCUT2D eigenvalue weighted by Crippen LogP contribution is -2.30. The summed E-state index contributed by atoms with van der Waals surface area (Å²) in [5.41, 5.74) is 6.44. The smallest absolute Gasteiger partial charge is 0.269 e. The first-order chi connectivity index (χ1) is 14.2. The molecule has 0 aliphatic carbocycles. The van der Waals surface area contributed by atoms with E-state index >= 15 is 0 Å². The zero-order chi connectivity index (χ0) is 21.9. The molecule has 0 bridgehead atoms. The van der Waals surface area contributed by atoms with Gasteiger partial charge in [-0.2, -0.15) is 0 Å². The van der Waals surface area contributed by atoms with Crippen molar-refractivity contribution in [1.29, 1.82) is 0 Å². The fraction of sp³-hybridized carbons (Fsp3) is 0.0500. The number of amides is 1. The minimum atomic E-state index is -4.01. The maximum absolute atomic E-state index is 13.0. The molecule has 0 aliphatic rings. The number of hydrogen-bond donors (Lipinski definition) is 3. The third kappa shape index (κ3) is 5.37. The molecule has 3 N–H and O–H groups in total. The quantitative estimate of drug-likeness (QED) is 0.402. The average molecular weight is 485 g/mol. The first-order valence-corrected chi connectivity index (χ1v) is 11.2. The molecule has 0 atom stereocenters. The van der Waals surface area contributed by atoms with Gasteiger partial charge in [-0.05, 0) is 55.0 Å². The van der Waals surface area contributed by atoms with Crippen molar-refractivity contribution in [2.24, 2.45) is 0 Å². The number of aryl methyl sites for hydroxylation is 1. The lowest BCUT2D eigenvalue weighted by atomic mass is 10.2. The maximum Gasteiger partial charge on any atom is 0.269 e. The number of sulfonamides is 1. The second-order valence-corrected chi connectivity index (χ2v) is 9.25. The van der Waals surface area contributed by atoms with Crippen LogP contribution < -0.4 is 15.6 Å². The van der Waals surface area contributed by atoms with Crippen molar-refractivity contribution in [3.63, 3.8) is 0 Å². The van der Waals surface area contributed by atoms with E-state index in [-0.39, 0.29) is 26.9 Å². The van der Waals surface area contributed by atoms with Crippen LogP contribution >= 0.6 is 34.8 Å². The third-order valence-electron chi connectivity index (χ3n) is 3.98. The predicted octanol–water partition coefficient (Wildman–Crippen LogP) is 5.51. The largest absolute Gasteiger partial charge is 0.297 e. The first-order valence-electron chi connectivity index (χ1n) is 8.56. The molecule has 156 valence electrons. The molecule has 0 unspecified atom stereocenters. The van der Waals surface area contributed by atoms with Crippen LogP contribution in [0.25, 0.3) is 0 Å². The van der Waals surface area contributed by atoms with Gasteiger partial charge >= 0.3 is 0 Å². The molecule has 6 nitrogen and oxygen atoms in total. The number of carbonyl (C=O) groups is 1. The van der Waals surface area contributed by atoms with Gasteiger partial charge in [-0.15, -0.1) is 0 Å². The molecule has 0 radical (unpaired) electrons. The van der Waals surface area contributed by atoms with Crippen molar-refractivity contribution >= 4 is 62.1 Å². The van der Waals surface area contributed by atoms with Crippen LogP contribution in [0.2, 0.25) is 15.1 Å². The SMILES string of the molecule is Cc1ccc(NNC(=O)c2cc(Cl)cc(Cl)c2)c(S(=O)(=O)Nc2ccccc2Cl)c1. The van der Waals surface area contributed by atoms with Crippen LogP contribution in [0.4, 0.5) is 11.4 Å². The molecule has 0 spiro atoms. The number of nitrogens with one attached hydrogen (secondary N) is 3. The van der Waals surface area contributed by atoms with Crippen molar-refractivity contribution < 1.29 is 13.2 Å². The van der Waals surface area contributed by atoms with Gasteiger partial charge < -0.3 is 0 Å². The number of hydrazine groups is 1. The summed E-state index contributed by atoms with van der Waals surface area (Å²) in [5.74, 6) is -0.539. The number of halogens is 3. The highest BCUT2D eigenvalue weighted by atomic mass is 35.5. The summed E-state index contributed by atoms with van der Waals surface area (Å²) in [5, 5.41) is 0.861. The topological polar surface area (TPSA) is 87.3 Å². The van der Waals surface area contributed by atoms with Crippen LogP contribution in [0.5, 0.6) is 0 Å². The first kappa shape index (κ1) is 22.2. The van der Waals surface area contributed by atoms with Crippen LogP contribution in [0.1, 0.15) is 15.9 Å². The average Bonchev–Trinajstić information content (AvgIpc) is 2.67. The Morgan fingerprint density at radius 3 is 2.20 bits per heavy atom. The Bertz CT molecular complexity index is 1200. The zero-order valence-electron chi connectivity index (χ0n) is 15.5. The molecular weight excluding hydrogens is 469 g/mol. The van der Waals surface area contributed by atoms with E-state index < -0.39 is 15.9 Å².